The number of para-hydroxylation sites is 1. The number of hydrogen-bond acceptors (Lipinski definition) is 3. The number of phenolic OH excluding ortho intramolecular Hbond substituents is 1. The Morgan fingerprint density at radius 1 is 1.26 bits per heavy atom. The SMILES string of the molecule is CC1=NN(c2ccccc2)C(=O)/C1=C\c1cc(Cl)cc(I)c1O. The second-order valence-electron chi connectivity index (χ2n) is 5.02. The zero-order valence-electron chi connectivity index (χ0n) is 12.1. The number of rotatable bonds is 2. The van der Waals surface area contributed by atoms with Crippen LogP contribution in [-0.2, 0) is 4.79 Å². The molecule has 1 amide bonds. The van der Waals surface area contributed by atoms with Gasteiger partial charge in [0.25, 0.3) is 5.91 Å². The molecule has 0 bridgehead atoms. The van der Waals surface area contributed by atoms with E-state index in [0.29, 0.717) is 31.1 Å². The van der Waals surface area contributed by atoms with Crippen molar-refractivity contribution < 1.29 is 9.90 Å². The lowest BCUT2D eigenvalue weighted by Gasteiger charge is -2.11. The van der Waals surface area contributed by atoms with Gasteiger partial charge in [0.15, 0.2) is 0 Å². The molecule has 0 spiro atoms. The maximum absolute atomic E-state index is 12.6. The number of hydrogen-bond donors (Lipinski definition) is 1. The molecular weight excluding hydrogens is 427 g/mol. The summed E-state index contributed by atoms with van der Waals surface area (Å²) in [7, 11) is 0. The molecule has 0 aromatic heterocycles. The number of anilines is 1. The fraction of sp³-hybridized carbons (Fsp3) is 0.0588. The number of carbonyl (C=O) groups is 1. The van der Waals surface area contributed by atoms with Crippen LogP contribution in [0.2, 0.25) is 5.02 Å². The summed E-state index contributed by atoms with van der Waals surface area (Å²) in [6, 6.07) is 12.5. The number of phenols is 1. The van der Waals surface area contributed by atoms with Gasteiger partial charge in [-0.25, -0.2) is 0 Å². The van der Waals surface area contributed by atoms with E-state index in [4.69, 9.17) is 11.6 Å². The standard InChI is InChI=1S/C17H12ClIN2O2/c1-10-14(8-11-7-12(18)9-15(19)16(11)22)17(23)21(20-10)13-5-3-2-4-6-13/h2-9,22H,1H3/b14-8-. The van der Waals surface area contributed by atoms with Crippen LogP contribution >= 0.6 is 34.2 Å². The largest absolute Gasteiger partial charge is 0.506 e. The van der Waals surface area contributed by atoms with Crippen LogP contribution in [0.4, 0.5) is 5.69 Å². The zero-order chi connectivity index (χ0) is 16.6. The molecule has 1 heterocycles. The van der Waals surface area contributed by atoms with Gasteiger partial charge in [0.2, 0.25) is 0 Å². The summed E-state index contributed by atoms with van der Waals surface area (Å²) in [5.74, 6) is -0.135. The molecule has 2 aromatic rings. The number of nitrogens with zero attached hydrogens (tertiary/aromatic N) is 2. The van der Waals surface area contributed by atoms with Gasteiger partial charge in [-0.1, -0.05) is 29.8 Å². The second kappa shape index (κ2) is 6.33. The second-order valence-corrected chi connectivity index (χ2v) is 6.62. The number of aromatic hydroxyl groups is 1. The maximum Gasteiger partial charge on any atom is 0.280 e. The van der Waals surface area contributed by atoms with Crippen molar-refractivity contribution in [2.75, 3.05) is 5.01 Å². The molecule has 0 fully saturated rings. The maximum atomic E-state index is 12.6. The monoisotopic (exact) mass is 438 g/mol. The van der Waals surface area contributed by atoms with Crippen LogP contribution in [0.3, 0.4) is 0 Å². The quantitative estimate of drug-likeness (QED) is 0.556. The van der Waals surface area contributed by atoms with Gasteiger partial charge in [0.1, 0.15) is 5.75 Å². The summed E-state index contributed by atoms with van der Waals surface area (Å²) in [5.41, 5.74) is 2.22. The topological polar surface area (TPSA) is 52.9 Å². The lowest BCUT2D eigenvalue weighted by molar-refractivity contribution is -0.114. The van der Waals surface area contributed by atoms with Crippen molar-refractivity contribution >= 4 is 57.6 Å². The van der Waals surface area contributed by atoms with E-state index in [2.05, 4.69) is 5.10 Å². The third kappa shape index (κ3) is 3.11. The minimum absolute atomic E-state index is 0.0984. The first-order chi connectivity index (χ1) is 11.0. The van der Waals surface area contributed by atoms with E-state index < -0.39 is 0 Å². The van der Waals surface area contributed by atoms with Crippen molar-refractivity contribution in [3.8, 4) is 5.75 Å². The van der Waals surface area contributed by atoms with Gasteiger partial charge in [-0.2, -0.15) is 10.1 Å². The molecule has 1 N–H and O–H groups in total. The first kappa shape index (κ1) is 16.0. The van der Waals surface area contributed by atoms with Crippen molar-refractivity contribution in [1.29, 1.82) is 0 Å². The molecule has 3 rings (SSSR count). The first-order valence-electron chi connectivity index (χ1n) is 6.82. The average Bonchev–Trinajstić information content (AvgIpc) is 2.81. The Labute approximate surface area is 152 Å². The Kier molecular flexibility index (Phi) is 4.41. The molecule has 0 saturated carbocycles. The van der Waals surface area contributed by atoms with Gasteiger partial charge in [-0.05, 0) is 59.9 Å². The Hall–Kier alpha value is -1.86. The molecular formula is C17H12ClIN2O2. The number of hydrazone groups is 1. The van der Waals surface area contributed by atoms with Crippen LogP contribution in [0, 0.1) is 3.57 Å². The van der Waals surface area contributed by atoms with E-state index in [1.165, 1.54) is 5.01 Å². The van der Waals surface area contributed by atoms with Crippen LogP contribution < -0.4 is 5.01 Å². The highest BCUT2D eigenvalue weighted by Crippen LogP contribution is 2.32. The molecule has 0 aliphatic carbocycles. The van der Waals surface area contributed by atoms with Gasteiger partial charge >= 0.3 is 0 Å². The number of benzene rings is 2. The van der Waals surface area contributed by atoms with Crippen LogP contribution in [0.25, 0.3) is 6.08 Å². The third-order valence-electron chi connectivity index (χ3n) is 3.42. The molecule has 23 heavy (non-hydrogen) atoms. The van der Waals surface area contributed by atoms with Crippen molar-refractivity contribution in [2.24, 2.45) is 5.10 Å². The molecule has 4 nitrogen and oxygen atoms in total. The van der Waals surface area contributed by atoms with Crippen LogP contribution in [0.15, 0.2) is 53.1 Å². The number of halogens is 2. The Bertz CT molecular complexity index is 847. The van der Waals surface area contributed by atoms with Crippen LogP contribution in [0.5, 0.6) is 5.75 Å². The minimum Gasteiger partial charge on any atom is -0.506 e. The predicted octanol–water partition coefficient (Wildman–Crippen LogP) is 4.46. The van der Waals surface area contributed by atoms with E-state index >= 15 is 0 Å². The fourth-order valence-electron chi connectivity index (χ4n) is 2.28. The van der Waals surface area contributed by atoms with Gasteiger partial charge in [-0.3, -0.25) is 4.79 Å². The summed E-state index contributed by atoms with van der Waals surface area (Å²) < 4.78 is 0.627. The number of carbonyl (C=O) groups excluding carboxylic acids is 1. The molecule has 1 aliphatic rings. The summed E-state index contributed by atoms with van der Waals surface area (Å²) in [6.07, 6.45) is 1.62. The first-order valence-corrected chi connectivity index (χ1v) is 8.28. The van der Waals surface area contributed by atoms with E-state index in [1.54, 1.807) is 25.1 Å². The zero-order valence-corrected chi connectivity index (χ0v) is 15.0. The Morgan fingerprint density at radius 3 is 2.65 bits per heavy atom. The van der Waals surface area contributed by atoms with Gasteiger partial charge in [-0.15, -0.1) is 0 Å². The average molecular weight is 439 g/mol. The molecule has 6 heteroatoms. The van der Waals surface area contributed by atoms with Crippen molar-refractivity contribution in [2.45, 2.75) is 6.92 Å². The van der Waals surface area contributed by atoms with Gasteiger partial charge < -0.3 is 5.11 Å². The Morgan fingerprint density at radius 2 is 1.96 bits per heavy atom. The third-order valence-corrected chi connectivity index (χ3v) is 4.46. The molecule has 0 atom stereocenters. The van der Waals surface area contributed by atoms with Gasteiger partial charge in [0.05, 0.1) is 20.5 Å². The molecule has 0 radical (unpaired) electrons. The van der Waals surface area contributed by atoms with Crippen molar-refractivity contribution in [3.63, 3.8) is 0 Å². The van der Waals surface area contributed by atoms with E-state index in [1.807, 2.05) is 52.9 Å². The highest BCUT2D eigenvalue weighted by Gasteiger charge is 2.28. The highest BCUT2D eigenvalue weighted by atomic mass is 127. The minimum atomic E-state index is -0.233. The van der Waals surface area contributed by atoms with E-state index in [-0.39, 0.29) is 11.7 Å². The van der Waals surface area contributed by atoms with E-state index in [0.717, 1.165) is 0 Å². The lowest BCUT2D eigenvalue weighted by Crippen LogP contribution is -2.21. The van der Waals surface area contributed by atoms with Crippen molar-refractivity contribution in [3.05, 3.63) is 62.2 Å². The molecule has 116 valence electrons. The fourth-order valence-corrected chi connectivity index (χ4v) is 3.34. The molecule has 0 unspecified atom stereocenters. The normalized spacial score (nSPS) is 16.1. The van der Waals surface area contributed by atoms with Crippen LogP contribution in [0.1, 0.15) is 12.5 Å². The summed E-state index contributed by atoms with van der Waals surface area (Å²) in [6.45, 7) is 1.76. The smallest absolute Gasteiger partial charge is 0.280 e. The van der Waals surface area contributed by atoms with Crippen molar-refractivity contribution in [1.82, 2.24) is 0 Å². The molecule has 1 aliphatic heterocycles. The lowest BCUT2D eigenvalue weighted by atomic mass is 10.1. The van der Waals surface area contributed by atoms with Gasteiger partial charge in [0, 0.05) is 10.6 Å². The molecule has 2 aromatic carbocycles. The summed E-state index contributed by atoms with van der Waals surface area (Å²) >= 11 is 8.03. The summed E-state index contributed by atoms with van der Waals surface area (Å²) in [5, 5.41) is 16.3. The highest BCUT2D eigenvalue weighted by molar-refractivity contribution is 14.1. The number of amides is 1. The molecule has 0 saturated heterocycles. The predicted molar refractivity (Wildman–Crippen MR) is 101 cm³/mol. The summed E-state index contributed by atoms with van der Waals surface area (Å²) in [4.78, 5) is 12.6. The Balaban J connectivity index is 2.02. The van der Waals surface area contributed by atoms with Crippen LogP contribution in [-0.4, -0.2) is 16.7 Å². The van der Waals surface area contributed by atoms with E-state index in [9.17, 15) is 9.90 Å².